The van der Waals surface area contributed by atoms with Crippen LogP contribution < -0.4 is 14.3 Å². The molecular formula is C17H18F7N3O4S. The highest BCUT2D eigenvalue weighted by molar-refractivity contribution is 7.92. The van der Waals surface area contributed by atoms with Gasteiger partial charge in [0.1, 0.15) is 18.0 Å². The molecule has 0 radical (unpaired) electrons. The van der Waals surface area contributed by atoms with Gasteiger partial charge in [0.15, 0.2) is 11.7 Å². The number of alkyl halides is 6. The Morgan fingerprint density at radius 1 is 1.22 bits per heavy atom. The minimum Gasteiger partial charge on any atom is -0.506 e. The molecule has 1 aromatic carbocycles. The topological polar surface area (TPSA) is 98.7 Å². The number of halogens is 7. The Morgan fingerprint density at radius 3 is 2.38 bits per heavy atom. The molecule has 15 heteroatoms. The SMILES string of the molecule is O=C1CN(c2c(O)cc3c(c2F)CC(NCCC(C(F)(F)F)C(F)(F)F)CC3)S(=O)(=O)N1. The molecule has 1 heterocycles. The molecule has 1 aromatic rings. The fourth-order valence-electron chi connectivity index (χ4n) is 3.84. The van der Waals surface area contributed by atoms with E-state index < -0.39 is 77.2 Å². The summed E-state index contributed by atoms with van der Waals surface area (Å²) in [6, 6.07) is 0.456. The van der Waals surface area contributed by atoms with E-state index in [-0.39, 0.29) is 24.8 Å². The van der Waals surface area contributed by atoms with Gasteiger partial charge in [0.25, 0.3) is 5.91 Å². The lowest BCUT2D eigenvalue weighted by atomic mass is 9.87. The Morgan fingerprint density at radius 2 is 1.84 bits per heavy atom. The third kappa shape index (κ3) is 4.87. The van der Waals surface area contributed by atoms with Crippen LogP contribution in [0.2, 0.25) is 0 Å². The lowest BCUT2D eigenvalue weighted by Gasteiger charge is -2.29. The summed E-state index contributed by atoms with van der Waals surface area (Å²) >= 11 is 0. The molecule has 7 nitrogen and oxygen atoms in total. The monoisotopic (exact) mass is 493 g/mol. The molecule has 1 aliphatic heterocycles. The van der Waals surface area contributed by atoms with Crippen molar-refractivity contribution in [3.8, 4) is 5.75 Å². The number of benzene rings is 1. The largest absolute Gasteiger partial charge is 0.506 e. The molecule has 1 unspecified atom stereocenters. The first-order chi connectivity index (χ1) is 14.6. The van der Waals surface area contributed by atoms with Crippen LogP contribution in [0.15, 0.2) is 6.07 Å². The Kier molecular flexibility index (Phi) is 6.27. The number of nitrogens with zero attached hydrogens (tertiary/aromatic N) is 1. The van der Waals surface area contributed by atoms with Crippen molar-refractivity contribution in [1.29, 1.82) is 0 Å². The van der Waals surface area contributed by atoms with Gasteiger partial charge in [-0.1, -0.05) is 0 Å². The molecule has 0 spiro atoms. The van der Waals surface area contributed by atoms with Crippen molar-refractivity contribution in [1.82, 2.24) is 10.0 Å². The average Bonchev–Trinajstić information content (AvgIpc) is 2.89. The number of fused-ring (bicyclic) bond motifs is 1. The molecule has 1 aliphatic carbocycles. The number of aromatic hydroxyl groups is 1. The van der Waals surface area contributed by atoms with Gasteiger partial charge in [-0.15, -0.1) is 0 Å². The highest BCUT2D eigenvalue weighted by Crippen LogP contribution is 2.42. The number of hydrogen-bond acceptors (Lipinski definition) is 5. The van der Waals surface area contributed by atoms with Crippen molar-refractivity contribution in [3.05, 3.63) is 23.0 Å². The first-order valence-electron chi connectivity index (χ1n) is 9.34. The summed E-state index contributed by atoms with van der Waals surface area (Å²) in [4.78, 5) is 11.4. The zero-order chi connectivity index (χ0) is 24.1. The summed E-state index contributed by atoms with van der Waals surface area (Å²) in [6.45, 7) is -1.39. The first kappa shape index (κ1) is 24.4. The van der Waals surface area contributed by atoms with Crippen LogP contribution in [0.1, 0.15) is 24.0 Å². The zero-order valence-electron chi connectivity index (χ0n) is 16.1. The molecule has 1 fully saturated rings. The van der Waals surface area contributed by atoms with Crippen molar-refractivity contribution in [3.63, 3.8) is 0 Å². The number of phenols is 1. The fourth-order valence-corrected chi connectivity index (χ4v) is 5.00. The molecule has 1 amide bonds. The summed E-state index contributed by atoms with van der Waals surface area (Å²) < 4.78 is 117. The zero-order valence-corrected chi connectivity index (χ0v) is 17.0. The number of aryl methyl sites for hydroxylation is 1. The number of amides is 1. The standard InChI is InChI=1S/C17H18F7N3O4S/c18-14-10-6-9(25-4-3-12(16(19,20)21)17(22,23)24)2-1-8(10)5-11(28)15(14)27-7-13(29)26-32(27,30)31/h5,9,12,25,28H,1-4,6-7H2,(H,26,29). The van der Waals surface area contributed by atoms with Crippen LogP contribution in [0.4, 0.5) is 36.4 Å². The average molecular weight is 493 g/mol. The lowest BCUT2D eigenvalue weighted by Crippen LogP contribution is -2.41. The van der Waals surface area contributed by atoms with Crippen molar-refractivity contribution < 1.29 is 49.1 Å². The van der Waals surface area contributed by atoms with E-state index in [1.165, 1.54) is 0 Å². The van der Waals surface area contributed by atoms with E-state index in [0.29, 0.717) is 9.87 Å². The molecule has 0 bridgehead atoms. The third-order valence-electron chi connectivity index (χ3n) is 5.35. The van der Waals surface area contributed by atoms with Crippen molar-refractivity contribution in [2.75, 3.05) is 17.4 Å². The van der Waals surface area contributed by atoms with E-state index in [4.69, 9.17) is 0 Å². The molecule has 1 saturated heterocycles. The molecule has 2 aliphatic rings. The lowest BCUT2D eigenvalue weighted by molar-refractivity contribution is -0.285. The van der Waals surface area contributed by atoms with E-state index in [1.54, 1.807) is 4.72 Å². The summed E-state index contributed by atoms with van der Waals surface area (Å²) in [5.74, 6) is -6.28. The van der Waals surface area contributed by atoms with E-state index in [1.807, 2.05) is 0 Å². The minimum absolute atomic E-state index is 0.0423. The summed E-state index contributed by atoms with van der Waals surface area (Å²) in [6.07, 6.45) is -11.9. The van der Waals surface area contributed by atoms with E-state index >= 15 is 4.39 Å². The second-order valence-electron chi connectivity index (χ2n) is 7.55. The van der Waals surface area contributed by atoms with Gasteiger partial charge in [-0.3, -0.25) is 4.79 Å². The molecule has 180 valence electrons. The predicted molar refractivity (Wildman–Crippen MR) is 96.5 cm³/mol. The number of hydrogen-bond donors (Lipinski definition) is 3. The number of nitrogens with one attached hydrogen (secondary N) is 2. The van der Waals surface area contributed by atoms with Crippen LogP contribution in [-0.2, 0) is 27.8 Å². The van der Waals surface area contributed by atoms with Crippen LogP contribution in [0.5, 0.6) is 5.75 Å². The van der Waals surface area contributed by atoms with Crippen LogP contribution in [0.25, 0.3) is 0 Å². The molecule has 1 atom stereocenters. The van der Waals surface area contributed by atoms with Crippen molar-refractivity contribution >= 4 is 21.8 Å². The number of anilines is 1. The van der Waals surface area contributed by atoms with Crippen molar-refractivity contribution in [2.45, 2.75) is 44.1 Å². The molecule has 32 heavy (non-hydrogen) atoms. The van der Waals surface area contributed by atoms with Gasteiger partial charge in [0.05, 0.1) is 0 Å². The third-order valence-corrected chi connectivity index (χ3v) is 6.73. The second kappa shape index (κ2) is 8.24. The minimum atomic E-state index is -5.45. The Balaban J connectivity index is 1.76. The Labute approximate surface area is 177 Å². The number of carbonyl (C=O) groups is 1. The van der Waals surface area contributed by atoms with Crippen molar-refractivity contribution in [2.24, 2.45) is 5.92 Å². The predicted octanol–water partition coefficient (Wildman–Crippen LogP) is 2.29. The Hall–Kier alpha value is -2.29. The van der Waals surface area contributed by atoms with E-state index in [9.17, 15) is 44.7 Å². The maximum absolute atomic E-state index is 15.1. The second-order valence-corrected chi connectivity index (χ2v) is 9.15. The summed E-state index contributed by atoms with van der Waals surface area (Å²) in [7, 11) is -4.42. The van der Waals surface area contributed by atoms with E-state index in [2.05, 4.69) is 5.32 Å². The van der Waals surface area contributed by atoms with Crippen LogP contribution in [-0.4, -0.2) is 50.9 Å². The van der Waals surface area contributed by atoms with Crippen LogP contribution >= 0.6 is 0 Å². The fraction of sp³-hybridized carbons (Fsp3) is 0.588. The highest BCUT2D eigenvalue weighted by Gasteiger charge is 2.55. The van der Waals surface area contributed by atoms with Gasteiger partial charge >= 0.3 is 22.6 Å². The molecule has 3 N–H and O–H groups in total. The van der Waals surface area contributed by atoms with Crippen LogP contribution in [0.3, 0.4) is 0 Å². The number of carbonyl (C=O) groups excluding carboxylic acids is 1. The smallest absolute Gasteiger partial charge is 0.400 e. The molecule has 0 aromatic heterocycles. The van der Waals surface area contributed by atoms with Crippen LogP contribution in [0, 0.1) is 11.7 Å². The first-order valence-corrected chi connectivity index (χ1v) is 10.8. The normalized spacial score (nSPS) is 21.1. The van der Waals surface area contributed by atoms with E-state index in [0.717, 1.165) is 6.07 Å². The Bertz CT molecular complexity index is 997. The maximum Gasteiger partial charge on any atom is 0.400 e. The number of phenolic OH excluding ortho intramolecular Hbond substituents is 1. The summed E-state index contributed by atoms with van der Waals surface area (Å²) in [5, 5.41) is 12.7. The molecule has 3 rings (SSSR count). The molecule has 0 saturated carbocycles. The maximum atomic E-state index is 15.1. The number of rotatable bonds is 5. The van der Waals surface area contributed by atoms with Gasteiger partial charge in [-0.25, -0.2) is 13.4 Å². The van der Waals surface area contributed by atoms with Gasteiger partial charge in [-0.05, 0) is 49.4 Å². The molecular weight excluding hydrogens is 475 g/mol. The highest BCUT2D eigenvalue weighted by atomic mass is 32.2. The quantitative estimate of drug-likeness (QED) is 0.547. The van der Waals surface area contributed by atoms with Gasteiger partial charge in [-0.2, -0.15) is 34.8 Å². The van der Waals surface area contributed by atoms with Gasteiger partial charge < -0.3 is 10.4 Å². The van der Waals surface area contributed by atoms with Gasteiger partial charge in [0.2, 0.25) is 0 Å². The summed E-state index contributed by atoms with van der Waals surface area (Å²) in [5.41, 5.74) is -0.475. The van der Waals surface area contributed by atoms with Gasteiger partial charge in [0, 0.05) is 6.04 Å².